The van der Waals surface area contributed by atoms with Gasteiger partial charge in [0.05, 0.1) is 10.4 Å². The fourth-order valence-corrected chi connectivity index (χ4v) is 7.25. The summed E-state index contributed by atoms with van der Waals surface area (Å²) in [6.45, 7) is 0. The predicted molar refractivity (Wildman–Crippen MR) is 113 cm³/mol. The van der Waals surface area contributed by atoms with Gasteiger partial charge in [0.15, 0.2) is 0 Å². The first-order valence-corrected chi connectivity index (χ1v) is 11.2. The van der Waals surface area contributed by atoms with Crippen molar-refractivity contribution in [3.05, 3.63) is 35.2 Å². The molecule has 2 aromatic heterocycles. The normalized spacial score (nSPS) is 32.7. The highest BCUT2D eigenvalue weighted by Gasteiger charge is 2.56. The van der Waals surface area contributed by atoms with Gasteiger partial charge in [-0.2, -0.15) is 0 Å². The number of fused-ring (bicyclic) bond motifs is 1. The highest BCUT2D eigenvalue weighted by atomic mass is 32.1. The summed E-state index contributed by atoms with van der Waals surface area (Å²) in [5.74, 6) is 1.89. The highest BCUT2D eigenvalue weighted by Crippen LogP contribution is 2.56. The Morgan fingerprint density at radius 1 is 1.24 bits per heavy atom. The average Bonchev–Trinajstić information content (AvgIpc) is 3.29. The van der Waals surface area contributed by atoms with Gasteiger partial charge in [0.25, 0.3) is 5.91 Å². The Kier molecular flexibility index (Phi) is 3.51. The van der Waals surface area contributed by atoms with Crippen LogP contribution in [0.5, 0.6) is 5.75 Å². The summed E-state index contributed by atoms with van der Waals surface area (Å²) in [5.41, 5.74) is 7.87. The van der Waals surface area contributed by atoms with Crippen molar-refractivity contribution in [2.45, 2.75) is 49.6 Å². The lowest BCUT2D eigenvalue weighted by molar-refractivity contribution is -0.0320. The minimum atomic E-state index is -0.201. The number of amides is 1. The van der Waals surface area contributed by atoms with Crippen LogP contribution in [0.1, 0.15) is 48.9 Å². The molecular weight excluding hydrogens is 384 g/mol. The maximum Gasteiger partial charge on any atom is 0.253 e. The zero-order valence-corrected chi connectivity index (χ0v) is 16.9. The summed E-state index contributed by atoms with van der Waals surface area (Å²) in [6.07, 6.45) is 6.35. The standard InChI is InChI=1S/C22H24N4O2S/c23-21-7-12-6-13(8-21)10-22(9-12,11-21)26-20(28)14-3-4-15(27)18-17(14)24-19(25-18)16-2-1-5-29-16/h1-5,12-13,27H,6-11,23H2,(H,24,25)(H,26,28). The first kappa shape index (κ1) is 17.5. The van der Waals surface area contributed by atoms with E-state index in [0.717, 1.165) is 37.0 Å². The maximum atomic E-state index is 13.4. The number of imidazole rings is 1. The average molecular weight is 409 g/mol. The molecule has 4 fully saturated rings. The van der Waals surface area contributed by atoms with E-state index in [1.807, 2.05) is 17.5 Å². The number of aromatic amines is 1. The molecule has 150 valence electrons. The number of carbonyl (C=O) groups excluding carboxylic acids is 1. The van der Waals surface area contributed by atoms with Crippen LogP contribution in [0.3, 0.4) is 0 Å². The smallest absolute Gasteiger partial charge is 0.253 e. The van der Waals surface area contributed by atoms with Gasteiger partial charge in [-0.3, -0.25) is 4.79 Å². The molecule has 4 aliphatic carbocycles. The molecule has 0 spiro atoms. The van der Waals surface area contributed by atoms with Crippen molar-refractivity contribution >= 4 is 28.3 Å². The van der Waals surface area contributed by atoms with Crippen molar-refractivity contribution in [3.8, 4) is 16.5 Å². The lowest BCUT2D eigenvalue weighted by Crippen LogP contribution is -2.68. The lowest BCUT2D eigenvalue weighted by atomic mass is 9.50. The van der Waals surface area contributed by atoms with Crippen LogP contribution in [0.4, 0.5) is 0 Å². The fraction of sp³-hybridized carbons (Fsp3) is 0.455. The number of hydrogen-bond donors (Lipinski definition) is 4. The van der Waals surface area contributed by atoms with Gasteiger partial charge in [-0.05, 0) is 73.9 Å². The van der Waals surface area contributed by atoms with E-state index < -0.39 is 0 Å². The van der Waals surface area contributed by atoms with Gasteiger partial charge < -0.3 is 21.1 Å². The second kappa shape index (κ2) is 5.83. The molecule has 4 saturated carbocycles. The van der Waals surface area contributed by atoms with Gasteiger partial charge in [-0.1, -0.05) is 6.07 Å². The van der Waals surface area contributed by atoms with Crippen molar-refractivity contribution < 1.29 is 9.90 Å². The van der Waals surface area contributed by atoms with Crippen LogP contribution in [-0.2, 0) is 0 Å². The van der Waals surface area contributed by atoms with Crippen LogP contribution in [0, 0.1) is 11.8 Å². The lowest BCUT2D eigenvalue weighted by Gasteiger charge is -2.61. The number of hydrogen-bond acceptors (Lipinski definition) is 5. The number of nitrogens with two attached hydrogens (primary N) is 1. The van der Waals surface area contributed by atoms with E-state index in [9.17, 15) is 9.90 Å². The molecule has 1 aromatic carbocycles. The fourth-order valence-electron chi connectivity index (χ4n) is 6.58. The Labute approximate surface area is 172 Å². The molecule has 29 heavy (non-hydrogen) atoms. The Morgan fingerprint density at radius 2 is 2.03 bits per heavy atom. The van der Waals surface area contributed by atoms with E-state index >= 15 is 0 Å². The Morgan fingerprint density at radius 3 is 2.72 bits per heavy atom. The van der Waals surface area contributed by atoms with Crippen LogP contribution in [0.2, 0.25) is 0 Å². The van der Waals surface area contributed by atoms with E-state index in [0.29, 0.717) is 34.3 Å². The molecule has 2 unspecified atom stereocenters. The largest absolute Gasteiger partial charge is 0.506 e. The molecule has 0 aliphatic heterocycles. The highest BCUT2D eigenvalue weighted by molar-refractivity contribution is 7.13. The monoisotopic (exact) mass is 408 g/mol. The topological polar surface area (TPSA) is 104 Å². The van der Waals surface area contributed by atoms with Crippen molar-refractivity contribution in [1.82, 2.24) is 15.3 Å². The van der Waals surface area contributed by atoms with Gasteiger partial charge in [0, 0.05) is 11.1 Å². The van der Waals surface area contributed by atoms with Gasteiger partial charge in [0.1, 0.15) is 22.6 Å². The molecule has 5 N–H and O–H groups in total. The maximum absolute atomic E-state index is 13.4. The van der Waals surface area contributed by atoms with E-state index in [-0.39, 0.29) is 22.7 Å². The van der Waals surface area contributed by atoms with Crippen LogP contribution < -0.4 is 11.1 Å². The third-order valence-corrected chi connectivity index (χ3v) is 7.98. The van der Waals surface area contributed by atoms with Crippen molar-refractivity contribution in [2.75, 3.05) is 0 Å². The third-order valence-electron chi connectivity index (χ3n) is 7.11. The molecule has 3 aromatic rings. The van der Waals surface area contributed by atoms with E-state index in [4.69, 9.17) is 5.73 Å². The number of phenols is 1. The van der Waals surface area contributed by atoms with E-state index in [1.165, 1.54) is 6.42 Å². The Bertz CT molecular complexity index is 1110. The van der Waals surface area contributed by atoms with E-state index in [1.54, 1.807) is 23.5 Å². The molecular formula is C22H24N4O2S. The Balaban J connectivity index is 1.37. The van der Waals surface area contributed by atoms with Crippen LogP contribution in [0.15, 0.2) is 29.6 Å². The summed E-state index contributed by atoms with van der Waals surface area (Å²) in [4.78, 5) is 22.2. The number of rotatable bonds is 3. The Hall–Kier alpha value is -2.38. The van der Waals surface area contributed by atoms with Gasteiger partial charge in [0.2, 0.25) is 0 Å². The molecule has 6 nitrogen and oxygen atoms in total. The van der Waals surface area contributed by atoms with Crippen LogP contribution >= 0.6 is 11.3 Å². The second-order valence-electron chi connectivity index (χ2n) is 9.48. The molecule has 1 amide bonds. The van der Waals surface area contributed by atoms with Crippen molar-refractivity contribution in [3.63, 3.8) is 0 Å². The third kappa shape index (κ3) is 2.71. The summed E-state index contributed by atoms with van der Waals surface area (Å²) >= 11 is 1.57. The van der Waals surface area contributed by atoms with Crippen molar-refractivity contribution in [2.24, 2.45) is 17.6 Å². The molecule has 7 rings (SSSR count). The quantitative estimate of drug-likeness (QED) is 0.529. The first-order chi connectivity index (χ1) is 13.9. The zero-order chi connectivity index (χ0) is 19.8. The number of nitrogens with zero attached hydrogens (tertiary/aromatic N) is 1. The number of aromatic nitrogens is 2. The SMILES string of the molecule is NC12CC3CC(C1)CC(NC(=O)c1ccc(O)c4[nH]c(-c5cccs5)nc14)(C3)C2. The summed E-state index contributed by atoms with van der Waals surface area (Å²) in [6, 6.07) is 7.16. The molecule has 2 atom stereocenters. The minimum Gasteiger partial charge on any atom is -0.506 e. The van der Waals surface area contributed by atoms with Crippen LogP contribution in [0.25, 0.3) is 21.7 Å². The zero-order valence-electron chi connectivity index (χ0n) is 16.1. The predicted octanol–water partition coefficient (Wildman–Crippen LogP) is 3.78. The second-order valence-corrected chi connectivity index (χ2v) is 10.4. The number of aromatic hydroxyl groups is 1. The number of benzene rings is 1. The molecule has 0 radical (unpaired) electrons. The number of phenolic OH excluding ortho intramolecular Hbond substituents is 1. The number of nitrogens with one attached hydrogen (secondary N) is 2. The molecule has 4 aliphatic rings. The van der Waals surface area contributed by atoms with Gasteiger partial charge >= 0.3 is 0 Å². The minimum absolute atomic E-state index is 0.0996. The number of thiophene rings is 1. The van der Waals surface area contributed by atoms with E-state index in [2.05, 4.69) is 15.3 Å². The van der Waals surface area contributed by atoms with Crippen LogP contribution in [-0.4, -0.2) is 32.1 Å². The van der Waals surface area contributed by atoms with Crippen molar-refractivity contribution in [1.29, 1.82) is 0 Å². The summed E-state index contributed by atoms with van der Waals surface area (Å²) < 4.78 is 0. The van der Waals surface area contributed by atoms with Gasteiger partial charge in [-0.15, -0.1) is 11.3 Å². The first-order valence-electron chi connectivity index (χ1n) is 10.3. The summed E-state index contributed by atoms with van der Waals surface area (Å²) in [7, 11) is 0. The molecule has 2 heterocycles. The van der Waals surface area contributed by atoms with Gasteiger partial charge in [-0.25, -0.2) is 4.98 Å². The number of carbonyl (C=O) groups is 1. The molecule has 7 heteroatoms. The summed E-state index contributed by atoms with van der Waals surface area (Å²) in [5, 5.41) is 15.7. The molecule has 0 saturated heterocycles. The number of H-pyrrole nitrogens is 1. The molecule has 4 bridgehead atoms.